The van der Waals surface area contributed by atoms with Crippen molar-refractivity contribution in [2.45, 2.75) is 38.9 Å². The Hall–Kier alpha value is -2.15. The Bertz CT molecular complexity index is 565. The number of hydrogen-bond donors (Lipinski definition) is 1. The molecule has 2 heterocycles. The molecule has 1 aromatic heterocycles. The highest BCUT2D eigenvalue weighted by molar-refractivity contribution is 5.96. The number of ether oxygens (including phenoxy) is 1. The van der Waals surface area contributed by atoms with Crippen LogP contribution in [0, 0.1) is 0 Å². The number of anilines is 2. The molecule has 22 heavy (non-hydrogen) atoms. The quantitative estimate of drug-likeness (QED) is 0.896. The zero-order chi connectivity index (χ0) is 16.5. The maximum atomic E-state index is 12.0. The molecular formula is C15H21N3O4. The lowest BCUT2D eigenvalue weighted by atomic mass is 10.2. The number of aliphatic hydroxyl groups excluding tert-OH is 1. The van der Waals surface area contributed by atoms with Gasteiger partial charge in [0.1, 0.15) is 11.4 Å². The fourth-order valence-corrected chi connectivity index (χ4v) is 2.10. The first kappa shape index (κ1) is 16.2. The van der Waals surface area contributed by atoms with Gasteiger partial charge in [-0.3, -0.25) is 9.69 Å². The first-order valence-corrected chi connectivity index (χ1v) is 7.08. The number of hydrogen-bond acceptors (Lipinski definition) is 5. The minimum absolute atomic E-state index is 0.125. The lowest BCUT2D eigenvalue weighted by Crippen LogP contribution is -2.34. The van der Waals surface area contributed by atoms with Crippen molar-refractivity contribution < 1.29 is 19.4 Å². The van der Waals surface area contributed by atoms with E-state index in [0.717, 1.165) is 0 Å². The van der Waals surface area contributed by atoms with Crippen LogP contribution in [0.2, 0.25) is 0 Å². The fraction of sp³-hybridized carbons (Fsp3) is 0.533. The van der Waals surface area contributed by atoms with Gasteiger partial charge in [-0.1, -0.05) is 0 Å². The van der Waals surface area contributed by atoms with Crippen molar-refractivity contribution in [2.24, 2.45) is 0 Å². The molecule has 0 spiro atoms. The Labute approximate surface area is 129 Å². The zero-order valence-corrected chi connectivity index (χ0v) is 13.2. The molecule has 1 atom stereocenters. The van der Waals surface area contributed by atoms with Crippen molar-refractivity contribution in [3.8, 4) is 0 Å². The highest BCUT2D eigenvalue weighted by Crippen LogP contribution is 2.23. The number of carbonyl (C=O) groups is 2. The summed E-state index contributed by atoms with van der Waals surface area (Å²) < 4.78 is 5.26. The first-order valence-electron chi connectivity index (χ1n) is 7.08. The van der Waals surface area contributed by atoms with Gasteiger partial charge in [0.25, 0.3) is 0 Å². The van der Waals surface area contributed by atoms with Gasteiger partial charge in [0.05, 0.1) is 31.0 Å². The van der Waals surface area contributed by atoms with E-state index in [0.29, 0.717) is 11.5 Å². The number of aliphatic hydroxyl groups is 1. The third-order valence-corrected chi connectivity index (χ3v) is 3.16. The number of carbonyl (C=O) groups excluding carboxylic acids is 2. The maximum absolute atomic E-state index is 12.0. The summed E-state index contributed by atoms with van der Waals surface area (Å²) in [7, 11) is 1.57. The molecule has 1 unspecified atom stereocenters. The summed E-state index contributed by atoms with van der Waals surface area (Å²) in [5, 5.41) is 9.50. The van der Waals surface area contributed by atoms with Gasteiger partial charge in [-0.2, -0.15) is 0 Å². The standard InChI is InChI=1S/C15H21N3O4/c1-15(2,3)22-14(21)17(4)12-6-5-10(8-16-12)18-9-11(19)7-13(18)20/h5-6,8,11,19H,7,9H2,1-4H3. The average Bonchev–Trinajstić information content (AvgIpc) is 2.75. The molecule has 1 saturated heterocycles. The Morgan fingerprint density at radius 1 is 1.45 bits per heavy atom. The SMILES string of the molecule is CN(C(=O)OC(C)(C)C)c1ccc(N2CC(O)CC2=O)cn1. The molecule has 0 aromatic carbocycles. The maximum Gasteiger partial charge on any atom is 0.415 e. The number of nitrogens with zero attached hydrogens (tertiary/aromatic N) is 3. The van der Waals surface area contributed by atoms with Crippen molar-refractivity contribution in [2.75, 3.05) is 23.4 Å². The van der Waals surface area contributed by atoms with Crippen LogP contribution in [-0.2, 0) is 9.53 Å². The van der Waals surface area contributed by atoms with Gasteiger partial charge in [0.15, 0.2) is 0 Å². The van der Waals surface area contributed by atoms with Gasteiger partial charge in [-0.15, -0.1) is 0 Å². The third kappa shape index (κ3) is 3.73. The Morgan fingerprint density at radius 2 is 2.14 bits per heavy atom. The van der Waals surface area contributed by atoms with E-state index >= 15 is 0 Å². The van der Waals surface area contributed by atoms with Crippen molar-refractivity contribution in [3.63, 3.8) is 0 Å². The largest absolute Gasteiger partial charge is 0.443 e. The minimum Gasteiger partial charge on any atom is -0.443 e. The molecule has 2 amide bonds. The average molecular weight is 307 g/mol. The normalized spacial score (nSPS) is 18.5. The van der Waals surface area contributed by atoms with Crippen LogP contribution in [0.4, 0.5) is 16.3 Å². The van der Waals surface area contributed by atoms with Gasteiger partial charge in [0.2, 0.25) is 5.91 Å². The smallest absolute Gasteiger partial charge is 0.415 e. The first-order chi connectivity index (χ1) is 10.2. The van der Waals surface area contributed by atoms with E-state index in [-0.39, 0.29) is 18.9 Å². The molecule has 120 valence electrons. The number of amides is 2. The Kier molecular flexibility index (Phi) is 4.37. The fourth-order valence-electron chi connectivity index (χ4n) is 2.10. The van der Waals surface area contributed by atoms with Crippen LogP contribution < -0.4 is 9.80 Å². The molecule has 1 aliphatic rings. The summed E-state index contributed by atoms with van der Waals surface area (Å²) in [6.45, 7) is 5.64. The molecule has 0 saturated carbocycles. The van der Waals surface area contributed by atoms with E-state index in [9.17, 15) is 14.7 Å². The summed E-state index contributed by atoms with van der Waals surface area (Å²) in [5.41, 5.74) is 0.0199. The van der Waals surface area contributed by atoms with Gasteiger partial charge < -0.3 is 14.7 Å². The predicted molar refractivity (Wildman–Crippen MR) is 81.9 cm³/mol. The van der Waals surface area contributed by atoms with Crippen LogP contribution in [0.15, 0.2) is 18.3 Å². The van der Waals surface area contributed by atoms with E-state index in [4.69, 9.17) is 4.74 Å². The van der Waals surface area contributed by atoms with Crippen molar-refractivity contribution in [3.05, 3.63) is 18.3 Å². The number of pyridine rings is 1. The van der Waals surface area contributed by atoms with E-state index in [1.54, 1.807) is 40.0 Å². The van der Waals surface area contributed by atoms with Crippen LogP contribution in [0.3, 0.4) is 0 Å². The molecule has 7 heteroatoms. The Balaban J connectivity index is 2.08. The second-order valence-corrected chi connectivity index (χ2v) is 6.28. The molecule has 0 bridgehead atoms. The van der Waals surface area contributed by atoms with E-state index in [1.165, 1.54) is 16.0 Å². The number of rotatable bonds is 2. The molecule has 0 radical (unpaired) electrons. The zero-order valence-electron chi connectivity index (χ0n) is 13.2. The van der Waals surface area contributed by atoms with E-state index < -0.39 is 17.8 Å². The van der Waals surface area contributed by atoms with Gasteiger partial charge in [-0.25, -0.2) is 9.78 Å². The minimum atomic E-state index is -0.642. The summed E-state index contributed by atoms with van der Waals surface area (Å²) >= 11 is 0. The van der Waals surface area contributed by atoms with Gasteiger partial charge in [-0.05, 0) is 32.9 Å². The van der Waals surface area contributed by atoms with Crippen molar-refractivity contribution in [1.29, 1.82) is 0 Å². The lowest BCUT2D eigenvalue weighted by Gasteiger charge is -2.24. The van der Waals surface area contributed by atoms with E-state index in [2.05, 4.69) is 4.98 Å². The number of β-amino-alcohol motifs (C(OH)–C–C–N with tert-alkyl or cyclic N) is 1. The van der Waals surface area contributed by atoms with Crippen LogP contribution in [0.1, 0.15) is 27.2 Å². The van der Waals surface area contributed by atoms with Crippen molar-refractivity contribution in [1.82, 2.24) is 4.98 Å². The summed E-state index contributed by atoms with van der Waals surface area (Å²) in [6, 6.07) is 3.33. The van der Waals surface area contributed by atoms with Crippen LogP contribution >= 0.6 is 0 Å². The predicted octanol–water partition coefficient (Wildman–Crippen LogP) is 1.55. The summed E-state index contributed by atoms with van der Waals surface area (Å²) in [4.78, 5) is 30.6. The molecule has 1 N–H and O–H groups in total. The monoisotopic (exact) mass is 307 g/mol. The second kappa shape index (κ2) is 5.92. The van der Waals surface area contributed by atoms with Gasteiger partial charge in [0, 0.05) is 7.05 Å². The van der Waals surface area contributed by atoms with Crippen molar-refractivity contribution >= 4 is 23.5 Å². The lowest BCUT2D eigenvalue weighted by molar-refractivity contribution is -0.117. The highest BCUT2D eigenvalue weighted by Gasteiger charge is 2.29. The second-order valence-electron chi connectivity index (χ2n) is 6.28. The molecule has 1 aromatic rings. The summed E-state index contributed by atoms with van der Waals surface area (Å²) in [6.07, 6.45) is 0.489. The number of aromatic nitrogens is 1. The molecule has 1 fully saturated rings. The topological polar surface area (TPSA) is 83.0 Å². The Morgan fingerprint density at radius 3 is 2.59 bits per heavy atom. The molecular weight excluding hydrogens is 286 g/mol. The van der Waals surface area contributed by atoms with Crippen LogP contribution in [0.25, 0.3) is 0 Å². The third-order valence-electron chi connectivity index (χ3n) is 3.16. The van der Waals surface area contributed by atoms with E-state index in [1.807, 2.05) is 0 Å². The van der Waals surface area contributed by atoms with Crippen LogP contribution in [-0.4, -0.2) is 47.4 Å². The summed E-state index contributed by atoms with van der Waals surface area (Å²) in [5.74, 6) is 0.285. The molecule has 2 rings (SSSR count). The highest BCUT2D eigenvalue weighted by atomic mass is 16.6. The molecule has 1 aliphatic heterocycles. The molecule has 0 aliphatic carbocycles. The molecule has 7 nitrogen and oxygen atoms in total. The van der Waals surface area contributed by atoms with Crippen LogP contribution in [0.5, 0.6) is 0 Å². The van der Waals surface area contributed by atoms with Gasteiger partial charge >= 0.3 is 6.09 Å².